The SMILES string of the molecule is COc1ccc(F)cc1COC(=O)c1ccc(CO)cc1. The zero-order valence-corrected chi connectivity index (χ0v) is 11.5. The number of esters is 1. The fraction of sp³-hybridized carbons (Fsp3) is 0.188. The highest BCUT2D eigenvalue weighted by Gasteiger charge is 2.10. The Morgan fingerprint density at radius 1 is 1.19 bits per heavy atom. The number of ether oxygens (including phenoxy) is 2. The average Bonchev–Trinajstić information content (AvgIpc) is 2.52. The van der Waals surface area contributed by atoms with Crippen LogP contribution in [0, 0.1) is 5.82 Å². The standard InChI is InChI=1S/C16H15FO4/c1-20-15-7-6-14(17)8-13(15)10-21-16(19)12-4-2-11(9-18)3-5-12/h2-8,18H,9-10H2,1H3. The number of aliphatic hydroxyl groups excluding tert-OH is 1. The molecule has 0 amide bonds. The summed E-state index contributed by atoms with van der Waals surface area (Å²) in [5.41, 5.74) is 1.53. The van der Waals surface area contributed by atoms with E-state index in [1.165, 1.54) is 25.3 Å². The molecule has 0 radical (unpaired) electrons. The van der Waals surface area contributed by atoms with Crippen LogP contribution in [0.15, 0.2) is 42.5 Å². The molecular formula is C16H15FO4. The first kappa shape index (κ1) is 15.0. The van der Waals surface area contributed by atoms with Gasteiger partial charge in [0.1, 0.15) is 18.2 Å². The Kier molecular flexibility index (Phi) is 4.90. The van der Waals surface area contributed by atoms with Gasteiger partial charge < -0.3 is 14.6 Å². The number of hydrogen-bond donors (Lipinski definition) is 1. The summed E-state index contributed by atoms with van der Waals surface area (Å²) in [6.07, 6.45) is 0. The van der Waals surface area contributed by atoms with E-state index in [4.69, 9.17) is 14.6 Å². The monoisotopic (exact) mass is 290 g/mol. The van der Waals surface area contributed by atoms with Crippen molar-refractivity contribution in [1.82, 2.24) is 0 Å². The minimum Gasteiger partial charge on any atom is -0.496 e. The highest BCUT2D eigenvalue weighted by Crippen LogP contribution is 2.20. The van der Waals surface area contributed by atoms with Gasteiger partial charge in [-0.2, -0.15) is 0 Å². The van der Waals surface area contributed by atoms with E-state index in [0.29, 0.717) is 22.4 Å². The van der Waals surface area contributed by atoms with Crippen LogP contribution in [0.5, 0.6) is 5.75 Å². The maximum Gasteiger partial charge on any atom is 0.338 e. The van der Waals surface area contributed by atoms with E-state index in [2.05, 4.69) is 0 Å². The van der Waals surface area contributed by atoms with Gasteiger partial charge in [-0.05, 0) is 35.9 Å². The summed E-state index contributed by atoms with van der Waals surface area (Å²) >= 11 is 0. The van der Waals surface area contributed by atoms with Crippen molar-refractivity contribution in [3.8, 4) is 5.75 Å². The van der Waals surface area contributed by atoms with Crippen molar-refractivity contribution in [2.24, 2.45) is 0 Å². The Hall–Kier alpha value is -2.40. The van der Waals surface area contributed by atoms with Crippen molar-refractivity contribution < 1.29 is 23.8 Å². The summed E-state index contributed by atoms with van der Waals surface area (Å²) < 4.78 is 23.4. The molecule has 2 aromatic carbocycles. The van der Waals surface area contributed by atoms with Crippen LogP contribution in [-0.2, 0) is 18.0 Å². The Labute approximate surface area is 121 Å². The molecule has 2 aromatic rings. The number of carbonyl (C=O) groups excluding carboxylic acids is 1. The van der Waals surface area contributed by atoms with Crippen molar-refractivity contribution in [3.05, 3.63) is 65.0 Å². The first-order valence-electron chi connectivity index (χ1n) is 6.33. The fourth-order valence-electron chi connectivity index (χ4n) is 1.83. The van der Waals surface area contributed by atoms with Gasteiger partial charge in [0.15, 0.2) is 0 Å². The lowest BCUT2D eigenvalue weighted by Crippen LogP contribution is -2.06. The molecule has 2 rings (SSSR count). The van der Waals surface area contributed by atoms with Gasteiger partial charge >= 0.3 is 5.97 Å². The highest BCUT2D eigenvalue weighted by molar-refractivity contribution is 5.89. The predicted octanol–water partition coefficient (Wildman–Crippen LogP) is 2.68. The molecule has 5 heteroatoms. The minimum atomic E-state index is -0.522. The molecular weight excluding hydrogens is 275 g/mol. The van der Waals surface area contributed by atoms with E-state index in [0.717, 1.165) is 0 Å². The van der Waals surface area contributed by atoms with Crippen molar-refractivity contribution in [2.45, 2.75) is 13.2 Å². The third-order valence-corrected chi connectivity index (χ3v) is 2.97. The van der Waals surface area contributed by atoms with Gasteiger partial charge in [-0.15, -0.1) is 0 Å². The van der Waals surface area contributed by atoms with Gasteiger partial charge in [-0.25, -0.2) is 9.18 Å². The Balaban J connectivity index is 2.05. The Morgan fingerprint density at radius 2 is 1.90 bits per heavy atom. The van der Waals surface area contributed by atoms with Crippen LogP contribution in [0.2, 0.25) is 0 Å². The molecule has 110 valence electrons. The van der Waals surface area contributed by atoms with Crippen LogP contribution in [0.4, 0.5) is 4.39 Å². The van der Waals surface area contributed by atoms with Crippen LogP contribution < -0.4 is 4.74 Å². The second-order valence-corrected chi connectivity index (χ2v) is 4.39. The van der Waals surface area contributed by atoms with E-state index >= 15 is 0 Å². The zero-order chi connectivity index (χ0) is 15.2. The first-order chi connectivity index (χ1) is 10.1. The largest absolute Gasteiger partial charge is 0.496 e. The van der Waals surface area contributed by atoms with Crippen LogP contribution in [0.25, 0.3) is 0 Å². The summed E-state index contributed by atoms with van der Waals surface area (Å²) in [6.45, 7) is -0.169. The van der Waals surface area contributed by atoms with Crippen LogP contribution in [0.1, 0.15) is 21.5 Å². The van der Waals surface area contributed by atoms with Crippen molar-refractivity contribution in [1.29, 1.82) is 0 Å². The smallest absolute Gasteiger partial charge is 0.338 e. The van der Waals surface area contributed by atoms with Crippen molar-refractivity contribution in [3.63, 3.8) is 0 Å². The Bertz CT molecular complexity index is 623. The van der Waals surface area contributed by atoms with Crippen LogP contribution in [0.3, 0.4) is 0 Å². The van der Waals surface area contributed by atoms with Crippen molar-refractivity contribution in [2.75, 3.05) is 7.11 Å². The lowest BCUT2D eigenvalue weighted by Gasteiger charge is -2.09. The second-order valence-electron chi connectivity index (χ2n) is 4.39. The molecule has 0 saturated heterocycles. The number of methoxy groups -OCH3 is 1. The van der Waals surface area contributed by atoms with E-state index in [1.54, 1.807) is 24.3 Å². The summed E-state index contributed by atoms with van der Waals surface area (Å²) in [6, 6.07) is 10.4. The lowest BCUT2D eigenvalue weighted by atomic mass is 10.1. The summed E-state index contributed by atoms with van der Waals surface area (Å²) in [5, 5.41) is 8.94. The van der Waals surface area contributed by atoms with E-state index in [-0.39, 0.29) is 13.2 Å². The molecule has 0 aromatic heterocycles. The number of benzene rings is 2. The number of carbonyl (C=O) groups is 1. The van der Waals surface area contributed by atoms with Gasteiger partial charge in [0.2, 0.25) is 0 Å². The number of aliphatic hydroxyl groups is 1. The molecule has 21 heavy (non-hydrogen) atoms. The van der Waals surface area contributed by atoms with Crippen molar-refractivity contribution >= 4 is 5.97 Å². The number of halogens is 1. The van der Waals surface area contributed by atoms with Crippen LogP contribution >= 0.6 is 0 Å². The third kappa shape index (κ3) is 3.79. The predicted molar refractivity (Wildman–Crippen MR) is 74.4 cm³/mol. The van der Waals surface area contributed by atoms with E-state index in [1.807, 2.05) is 0 Å². The topological polar surface area (TPSA) is 55.8 Å². The lowest BCUT2D eigenvalue weighted by molar-refractivity contribution is 0.0469. The normalized spacial score (nSPS) is 10.2. The molecule has 0 heterocycles. The summed E-state index contributed by atoms with van der Waals surface area (Å²) in [5.74, 6) is -0.486. The second kappa shape index (κ2) is 6.85. The third-order valence-electron chi connectivity index (χ3n) is 2.97. The summed E-state index contributed by atoms with van der Waals surface area (Å²) in [4.78, 5) is 11.9. The molecule has 0 atom stereocenters. The molecule has 1 N–H and O–H groups in total. The first-order valence-corrected chi connectivity index (χ1v) is 6.33. The van der Waals surface area contributed by atoms with Gasteiger partial charge in [-0.3, -0.25) is 0 Å². The molecule has 0 unspecified atom stereocenters. The summed E-state index contributed by atoms with van der Waals surface area (Å²) in [7, 11) is 1.46. The van der Waals surface area contributed by atoms with Gasteiger partial charge in [0.05, 0.1) is 19.3 Å². The molecule has 0 spiro atoms. The van der Waals surface area contributed by atoms with E-state index in [9.17, 15) is 9.18 Å². The molecule has 0 saturated carbocycles. The van der Waals surface area contributed by atoms with Gasteiger partial charge in [-0.1, -0.05) is 12.1 Å². The Morgan fingerprint density at radius 3 is 2.52 bits per heavy atom. The quantitative estimate of drug-likeness (QED) is 0.860. The number of hydrogen-bond acceptors (Lipinski definition) is 4. The highest BCUT2D eigenvalue weighted by atomic mass is 19.1. The van der Waals surface area contributed by atoms with E-state index < -0.39 is 11.8 Å². The van der Waals surface area contributed by atoms with Crippen LogP contribution in [-0.4, -0.2) is 18.2 Å². The van der Waals surface area contributed by atoms with Gasteiger partial charge in [0.25, 0.3) is 0 Å². The maximum atomic E-state index is 13.2. The fourth-order valence-corrected chi connectivity index (χ4v) is 1.83. The molecule has 0 aliphatic carbocycles. The molecule has 0 aliphatic heterocycles. The van der Waals surface area contributed by atoms with Gasteiger partial charge in [0, 0.05) is 5.56 Å². The molecule has 0 fully saturated rings. The zero-order valence-electron chi connectivity index (χ0n) is 11.5. The minimum absolute atomic E-state index is 0.0818. The average molecular weight is 290 g/mol. The molecule has 0 aliphatic rings. The molecule has 4 nitrogen and oxygen atoms in total. The molecule has 0 bridgehead atoms. The maximum absolute atomic E-state index is 13.2. The number of rotatable bonds is 5.